The Morgan fingerprint density at radius 2 is 1.77 bits per heavy atom. The van der Waals surface area contributed by atoms with Gasteiger partial charge in [-0.3, -0.25) is 0 Å². The first-order chi connectivity index (χ1) is 10.1. The van der Waals surface area contributed by atoms with Crippen molar-refractivity contribution in [3.05, 3.63) is 53.0 Å². The second kappa shape index (κ2) is 5.95. The summed E-state index contributed by atoms with van der Waals surface area (Å²) in [5.74, 6) is -0.0161. The molecule has 1 aromatic carbocycles. The Balaban J connectivity index is 2.52. The summed E-state index contributed by atoms with van der Waals surface area (Å²) in [6, 6.07) is 7.29. The molecule has 0 amide bonds. The fourth-order valence-electron chi connectivity index (χ4n) is 2.21. The van der Waals surface area contributed by atoms with Gasteiger partial charge >= 0.3 is 12.0 Å². The molecule has 0 fully saturated rings. The summed E-state index contributed by atoms with van der Waals surface area (Å²) in [6.45, 7) is 3.40. The van der Waals surface area contributed by atoms with Crippen LogP contribution in [0.5, 0.6) is 0 Å². The van der Waals surface area contributed by atoms with E-state index in [0.717, 1.165) is 6.26 Å². The Morgan fingerprint density at radius 1 is 1.18 bits per heavy atom. The van der Waals surface area contributed by atoms with Crippen molar-refractivity contribution in [2.24, 2.45) is 0 Å². The molecule has 0 radical (unpaired) electrons. The van der Waals surface area contributed by atoms with Gasteiger partial charge in [0, 0.05) is 11.6 Å². The number of hydrogen-bond acceptors (Lipinski definition) is 2. The fraction of sp³-hybridized carbons (Fsp3) is 0.267. The van der Waals surface area contributed by atoms with E-state index in [1.807, 2.05) is 0 Å². The zero-order chi connectivity index (χ0) is 16.5. The Morgan fingerprint density at radius 3 is 2.32 bits per heavy atom. The number of nitrogens with one attached hydrogen (secondary N) is 1. The third-order valence-corrected chi connectivity index (χ3v) is 4.33. The molecule has 22 heavy (non-hydrogen) atoms. The first-order valence-corrected chi connectivity index (χ1v) is 8.73. The largest absolute Gasteiger partial charge is 0.378 e. The van der Waals surface area contributed by atoms with Crippen molar-refractivity contribution >= 4 is 21.6 Å². The molecule has 0 atom stereocenters. The van der Waals surface area contributed by atoms with E-state index < -0.39 is 15.6 Å². The van der Waals surface area contributed by atoms with Crippen molar-refractivity contribution in [3.63, 3.8) is 0 Å². The van der Waals surface area contributed by atoms with Gasteiger partial charge in [0.1, 0.15) is 5.82 Å². The molecule has 0 unspecified atom stereocenters. The first-order valence-electron chi connectivity index (χ1n) is 6.46. The van der Waals surface area contributed by atoms with Crippen molar-refractivity contribution in [1.82, 2.24) is 4.72 Å². The molecular formula is C15H16ClFNO3S+. The SMILES string of the molecule is CC(C)(NS(C)(=O)=O)c1cc[o+]c(-c2ccc(F)cc2)c1Cl. The Labute approximate surface area is 134 Å². The van der Waals surface area contributed by atoms with Crippen LogP contribution in [0.3, 0.4) is 0 Å². The van der Waals surface area contributed by atoms with Gasteiger partial charge in [0.25, 0.3) is 0 Å². The molecule has 1 aromatic heterocycles. The van der Waals surface area contributed by atoms with Crippen LogP contribution >= 0.6 is 11.6 Å². The predicted molar refractivity (Wildman–Crippen MR) is 84.5 cm³/mol. The third-order valence-electron chi connectivity index (χ3n) is 3.08. The monoisotopic (exact) mass is 344 g/mol. The quantitative estimate of drug-likeness (QED) is 0.858. The lowest BCUT2D eigenvalue weighted by Crippen LogP contribution is -2.40. The summed E-state index contributed by atoms with van der Waals surface area (Å²) in [7, 11) is -3.42. The summed E-state index contributed by atoms with van der Waals surface area (Å²) in [4.78, 5) is 0. The van der Waals surface area contributed by atoms with Gasteiger partial charge in [0.15, 0.2) is 5.02 Å². The minimum absolute atomic E-state index is 0.273. The molecule has 2 rings (SSSR count). The van der Waals surface area contributed by atoms with Gasteiger partial charge in [-0.05, 0) is 38.1 Å². The van der Waals surface area contributed by atoms with Crippen LogP contribution in [0.25, 0.3) is 11.3 Å². The van der Waals surface area contributed by atoms with E-state index in [1.165, 1.54) is 18.4 Å². The average Bonchev–Trinajstić information content (AvgIpc) is 2.37. The Hall–Kier alpha value is -1.50. The third kappa shape index (κ3) is 3.82. The van der Waals surface area contributed by atoms with Crippen LogP contribution < -0.4 is 4.72 Å². The van der Waals surface area contributed by atoms with Gasteiger partial charge in [-0.2, -0.15) is 0 Å². The van der Waals surface area contributed by atoms with Gasteiger partial charge < -0.3 is 0 Å². The van der Waals surface area contributed by atoms with Crippen molar-refractivity contribution in [1.29, 1.82) is 0 Å². The maximum atomic E-state index is 13.0. The van der Waals surface area contributed by atoms with E-state index in [2.05, 4.69) is 4.72 Å². The highest BCUT2D eigenvalue weighted by molar-refractivity contribution is 7.88. The van der Waals surface area contributed by atoms with Crippen LogP contribution in [-0.2, 0) is 15.6 Å². The van der Waals surface area contributed by atoms with Gasteiger partial charge in [-0.15, -0.1) is 0 Å². The zero-order valence-electron chi connectivity index (χ0n) is 12.4. The summed E-state index contributed by atoms with van der Waals surface area (Å²) >= 11 is 6.37. The molecule has 0 aliphatic rings. The second-order valence-electron chi connectivity index (χ2n) is 5.48. The summed E-state index contributed by atoms with van der Waals surface area (Å²) in [5, 5.41) is 0.273. The van der Waals surface area contributed by atoms with E-state index in [9.17, 15) is 12.8 Å². The highest BCUT2D eigenvalue weighted by Crippen LogP contribution is 2.36. The highest BCUT2D eigenvalue weighted by atomic mass is 35.5. The summed E-state index contributed by atoms with van der Waals surface area (Å²) in [6.07, 6.45) is 2.50. The van der Waals surface area contributed by atoms with Gasteiger partial charge in [0.05, 0.1) is 17.4 Å². The van der Waals surface area contributed by atoms with Gasteiger partial charge in [0.2, 0.25) is 10.0 Å². The number of halogens is 2. The van der Waals surface area contributed by atoms with Crippen molar-refractivity contribution < 1.29 is 17.2 Å². The zero-order valence-corrected chi connectivity index (χ0v) is 13.9. The first kappa shape index (κ1) is 16.9. The minimum atomic E-state index is -3.42. The minimum Gasteiger partial charge on any atom is -0.214 e. The van der Waals surface area contributed by atoms with E-state index >= 15 is 0 Å². The highest BCUT2D eigenvalue weighted by Gasteiger charge is 2.32. The molecule has 0 aliphatic carbocycles. The number of hydrogen-bond donors (Lipinski definition) is 1. The molecule has 7 heteroatoms. The van der Waals surface area contributed by atoms with E-state index in [0.29, 0.717) is 16.9 Å². The van der Waals surface area contributed by atoms with Crippen LogP contribution in [-0.4, -0.2) is 14.7 Å². The molecule has 2 aromatic rings. The molecule has 118 valence electrons. The lowest BCUT2D eigenvalue weighted by Gasteiger charge is -2.25. The molecular weight excluding hydrogens is 329 g/mol. The predicted octanol–water partition coefficient (Wildman–Crippen LogP) is 3.80. The smallest absolute Gasteiger partial charge is 0.214 e. The molecule has 0 bridgehead atoms. The fourth-order valence-corrected chi connectivity index (χ4v) is 3.70. The number of benzene rings is 1. The lowest BCUT2D eigenvalue weighted by molar-refractivity contribution is 0.467. The molecule has 0 saturated heterocycles. The van der Waals surface area contributed by atoms with Crippen LogP contribution in [0.4, 0.5) is 4.39 Å². The number of sulfonamides is 1. The lowest BCUT2D eigenvalue weighted by atomic mass is 9.95. The molecule has 1 N–H and O–H groups in total. The molecule has 0 saturated carbocycles. The second-order valence-corrected chi connectivity index (χ2v) is 7.61. The summed E-state index contributed by atoms with van der Waals surface area (Å²) < 4.78 is 44.0. The van der Waals surface area contributed by atoms with Crippen LogP contribution in [0.1, 0.15) is 19.4 Å². The van der Waals surface area contributed by atoms with Crippen LogP contribution in [0, 0.1) is 5.82 Å². The van der Waals surface area contributed by atoms with Crippen LogP contribution in [0.15, 0.2) is 41.0 Å². The molecule has 1 heterocycles. The van der Waals surface area contributed by atoms with Gasteiger partial charge in [-0.1, -0.05) is 11.6 Å². The number of rotatable bonds is 4. The van der Waals surface area contributed by atoms with E-state index in [1.54, 1.807) is 32.0 Å². The van der Waals surface area contributed by atoms with Crippen molar-refractivity contribution in [3.8, 4) is 11.3 Å². The Kier molecular flexibility index (Phi) is 4.56. The van der Waals surface area contributed by atoms with E-state index in [4.69, 9.17) is 16.0 Å². The Bertz CT molecular complexity index is 789. The average molecular weight is 345 g/mol. The maximum absolute atomic E-state index is 13.0. The topological polar surface area (TPSA) is 57.5 Å². The van der Waals surface area contributed by atoms with Crippen LogP contribution in [0.2, 0.25) is 5.02 Å². The molecule has 0 aliphatic heterocycles. The molecule has 0 spiro atoms. The maximum Gasteiger partial charge on any atom is 0.378 e. The standard InChI is InChI=1S/C15H16ClFNO3S/c1-15(2,18-22(3,19)20)12-8-9-21-14(13(12)16)10-4-6-11(17)7-5-10/h4-9,18H,1-3H3/q+1. The van der Waals surface area contributed by atoms with Gasteiger partial charge in [-0.25, -0.2) is 21.9 Å². The normalized spacial score (nSPS) is 12.4. The van der Waals surface area contributed by atoms with Crippen molar-refractivity contribution in [2.45, 2.75) is 19.4 Å². The molecule has 4 nitrogen and oxygen atoms in total. The van der Waals surface area contributed by atoms with E-state index in [-0.39, 0.29) is 10.8 Å². The van der Waals surface area contributed by atoms with Crippen molar-refractivity contribution in [2.75, 3.05) is 6.26 Å². The summed E-state index contributed by atoms with van der Waals surface area (Å²) in [5.41, 5.74) is 0.240.